The summed E-state index contributed by atoms with van der Waals surface area (Å²) < 4.78 is 19.0. The van der Waals surface area contributed by atoms with Crippen LogP contribution in [0.3, 0.4) is 0 Å². The molecular weight excluding hydrogens is 259 g/mol. The van der Waals surface area contributed by atoms with Gasteiger partial charge in [-0.3, -0.25) is 4.79 Å². The number of aromatic amines is 1. The maximum atomic E-state index is 13.9. The third-order valence-electron chi connectivity index (χ3n) is 3.28. The largest absolute Gasteiger partial charge is 0.426 e. The Morgan fingerprint density at radius 3 is 2.75 bits per heavy atom. The number of carbonyl (C=O) groups excluding carboxylic acids is 1. The minimum atomic E-state index is -0.450. The van der Waals surface area contributed by atoms with E-state index in [0.29, 0.717) is 11.1 Å². The average molecular weight is 278 g/mol. The van der Waals surface area contributed by atoms with Crippen LogP contribution < -0.4 is 4.74 Å². The van der Waals surface area contributed by atoms with Crippen molar-refractivity contribution in [3.05, 3.63) is 29.2 Å². The lowest BCUT2D eigenvalue weighted by molar-refractivity contribution is -0.131. The van der Waals surface area contributed by atoms with Crippen LogP contribution in [0.4, 0.5) is 4.39 Å². The second-order valence-electron chi connectivity index (χ2n) is 5.19. The highest BCUT2D eigenvalue weighted by molar-refractivity contribution is 5.93. The molecule has 108 valence electrons. The molecule has 0 amide bonds. The second-order valence-corrected chi connectivity index (χ2v) is 5.19. The van der Waals surface area contributed by atoms with Crippen molar-refractivity contribution >= 4 is 16.9 Å². The van der Waals surface area contributed by atoms with E-state index in [1.54, 1.807) is 6.92 Å². The van der Waals surface area contributed by atoms with Crippen molar-refractivity contribution in [1.29, 1.82) is 0 Å². The molecule has 0 saturated carbocycles. The van der Waals surface area contributed by atoms with E-state index in [1.807, 2.05) is 20.3 Å². The summed E-state index contributed by atoms with van der Waals surface area (Å²) in [4.78, 5) is 16.3. The molecule has 0 aliphatic heterocycles. The van der Waals surface area contributed by atoms with Crippen LogP contribution in [0.1, 0.15) is 18.1 Å². The number of nitrogens with zero attached hydrogens (tertiary/aromatic N) is 1. The lowest BCUT2D eigenvalue weighted by Crippen LogP contribution is -2.15. The molecule has 4 nitrogen and oxygen atoms in total. The second kappa shape index (κ2) is 5.63. The number of ether oxygens (including phenoxy) is 1. The number of hydrogen-bond donors (Lipinski definition) is 1. The number of halogens is 1. The number of aromatic nitrogens is 1. The third-order valence-corrected chi connectivity index (χ3v) is 3.28. The van der Waals surface area contributed by atoms with E-state index < -0.39 is 5.97 Å². The molecular formula is C15H19FN2O2. The first-order valence-electron chi connectivity index (χ1n) is 6.52. The Kier molecular flexibility index (Phi) is 4.09. The van der Waals surface area contributed by atoms with Gasteiger partial charge in [-0.05, 0) is 33.0 Å². The van der Waals surface area contributed by atoms with Gasteiger partial charge in [0.25, 0.3) is 0 Å². The predicted molar refractivity (Wildman–Crippen MR) is 76.6 cm³/mol. The molecule has 0 aliphatic carbocycles. The van der Waals surface area contributed by atoms with Crippen molar-refractivity contribution in [2.75, 3.05) is 20.6 Å². The minimum Gasteiger partial charge on any atom is -0.426 e. The smallest absolute Gasteiger partial charge is 0.308 e. The molecule has 0 saturated heterocycles. The average Bonchev–Trinajstić information content (AvgIpc) is 2.76. The van der Waals surface area contributed by atoms with Gasteiger partial charge in [-0.2, -0.15) is 0 Å². The molecule has 20 heavy (non-hydrogen) atoms. The predicted octanol–water partition coefficient (Wildman–Crippen LogP) is 2.64. The fourth-order valence-electron chi connectivity index (χ4n) is 2.23. The molecule has 0 bridgehead atoms. The Morgan fingerprint density at radius 1 is 1.45 bits per heavy atom. The Labute approximate surface area is 117 Å². The van der Waals surface area contributed by atoms with Crippen LogP contribution in [0.15, 0.2) is 12.3 Å². The summed E-state index contributed by atoms with van der Waals surface area (Å²) in [5.41, 5.74) is 2.25. The summed E-state index contributed by atoms with van der Waals surface area (Å²) in [6.07, 6.45) is 2.65. The van der Waals surface area contributed by atoms with E-state index in [9.17, 15) is 9.18 Å². The van der Waals surface area contributed by atoms with Crippen molar-refractivity contribution in [2.24, 2.45) is 0 Å². The van der Waals surface area contributed by atoms with Crippen molar-refractivity contribution in [3.8, 4) is 5.75 Å². The van der Waals surface area contributed by atoms with Crippen LogP contribution in [-0.4, -0.2) is 36.5 Å². The fraction of sp³-hybridized carbons (Fsp3) is 0.400. The molecule has 1 N–H and O–H groups in total. The van der Waals surface area contributed by atoms with E-state index >= 15 is 0 Å². The Morgan fingerprint density at radius 2 is 2.15 bits per heavy atom. The van der Waals surface area contributed by atoms with Gasteiger partial charge < -0.3 is 14.6 Å². The van der Waals surface area contributed by atoms with Crippen LogP contribution >= 0.6 is 0 Å². The molecule has 0 radical (unpaired) electrons. The van der Waals surface area contributed by atoms with Gasteiger partial charge in [0.05, 0.1) is 5.52 Å². The molecule has 0 spiro atoms. The van der Waals surface area contributed by atoms with Crippen LogP contribution in [0.5, 0.6) is 5.75 Å². The summed E-state index contributed by atoms with van der Waals surface area (Å²) >= 11 is 0. The number of benzene rings is 1. The molecule has 1 aromatic carbocycles. The highest BCUT2D eigenvalue weighted by Gasteiger charge is 2.16. The minimum absolute atomic E-state index is 0.283. The standard InChI is InChI=1S/C15H19FN2O2/c1-9-12(16)7-13(20-10(2)19)14-11(5-6-18(3)4)8-17-15(9)14/h7-8,17H,5-6H2,1-4H3. The van der Waals surface area contributed by atoms with Gasteiger partial charge in [0.2, 0.25) is 0 Å². The lowest BCUT2D eigenvalue weighted by atomic mass is 10.1. The zero-order valence-electron chi connectivity index (χ0n) is 12.2. The van der Waals surface area contributed by atoms with E-state index in [1.165, 1.54) is 13.0 Å². The Bertz CT molecular complexity index is 647. The first-order chi connectivity index (χ1) is 9.40. The van der Waals surface area contributed by atoms with Gasteiger partial charge in [-0.1, -0.05) is 0 Å². The highest BCUT2D eigenvalue weighted by Crippen LogP contribution is 2.33. The quantitative estimate of drug-likeness (QED) is 0.691. The number of hydrogen-bond acceptors (Lipinski definition) is 3. The van der Waals surface area contributed by atoms with Crippen molar-refractivity contribution < 1.29 is 13.9 Å². The summed E-state index contributed by atoms with van der Waals surface area (Å²) in [6, 6.07) is 1.28. The van der Waals surface area contributed by atoms with E-state index in [2.05, 4.69) is 9.88 Å². The van der Waals surface area contributed by atoms with Gasteiger partial charge in [-0.15, -0.1) is 0 Å². The van der Waals surface area contributed by atoms with Crippen LogP contribution in [0.25, 0.3) is 10.9 Å². The first kappa shape index (κ1) is 14.5. The first-order valence-corrected chi connectivity index (χ1v) is 6.52. The molecule has 5 heteroatoms. The van der Waals surface area contributed by atoms with Crippen LogP contribution in [-0.2, 0) is 11.2 Å². The zero-order chi connectivity index (χ0) is 14.9. The SMILES string of the molecule is CC(=O)Oc1cc(F)c(C)c2[nH]cc(CCN(C)C)c12. The van der Waals surface area contributed by atoms with Gasteiger partial charge in [-0.25, -0.2) is 4.39 Å². The number of likely N-dealkylation sites (N-methyl/N-ethyl adjacent to an activating group) is 1. The van der Waals surface area contributed by atoms with E-state index in [4.69, 9.17) is 4.74 Å². The summed E-state index contributed by atoms with van der Waals surface area (Å²) in [5.74, 6) is -0.547. The Balaban J connectivity index is 2.54. The van der Waals surface area contributed by atoms with Crippen LogP contribution in [0, 0.1) is 12.7 Å². The van der Waals surface area contributed by atoms with Crippen molar-refractivity contribution in [1.82, 2.24) is 9.88 Å². The number of nitrogens with one attached hydrogen (secondary N) is 1. The summed E-state index contributed by atoms with van der Waals surface area (Å²) in [6.45, 7) is 3.89. The van der Waals surface area contributed by atoms with Crippen molar-refractivity contribution in [3.63, 3.8) is 0 Å². The number of carbonyl (C=O) groups is 1. The number of fused-ring (bicyclic) bond motifs is 1. The van der Waals surface area contributed by atoms with Gasteiger partial charge in [0, 0.05) is 36.7 Å². The number of rotatable bonds is 4. The summed E-state index contributed by atoms with van der Waals surface area (Å²) in [7, 11) is 3.99. The monoisotopic (exact) mass is 278 g/mol. The lowest BCUT2D eigenvalue weighted by Gasteiger charge is -2.11. The topological polar surface area (TPSA) is 45.3 Å². The normalized spacial score (nSPS) is 11.3. The van der Waals surface area contributed by atoms with Crippen LogP contribution in [0.2, 0.25) is 0 Å². The fourth-order valence-corrected chi connectivity index (χ4v) is 2.23. The molecule has 1 aromatic heterocycles. The molecule has 0 unspecified atom stereocenters. The number of esters is 1. The van der Waals surface area contributed by atoms with E-state index in [-0.39, 0.29) is 11.6 Å². The van der Waals surface area contributed by atoms with Gasteiger partial charge in [0.15, 0.2) is 0 Å². The van der Waals surface area contributed by atoms with E-state index in [0.717, 1.165) is 23.9 Å². The number of H-pyrrole nitrogens is 1. The molecule has 0 fully saturated rings. The highest BCUT2D eigenvalue weighted by atomic mass is 19.1. The molecule has 2 rings (SSSR count). The maximum Gasteiger partial charge on any atom is 0.308 e. The third kappa shape index (κ3) is 2.82. The zero-order valence-corrected chi connectivity index (χ0v) is 12.2. The van der Waals surface area contributed by atoms with Gasteiger partial charge in [0.1, 0.15) is 11.6 Å². The maximum absolute atomic E-state index is 13.9. The number of aryl methyl sites for hydroxylation is 1. The molecule has 0 aliphatic rings. The Hall–Kier alpha value is -1.88. The molecule has 0 atom stereocenters. The molecule has 1 heterocycles. The van der Waals surface area contributed by atoms with Crippen molar-refractivity contribution in [2.45, 2.75) is 20.3 Å². The molecule has 2 aromatic rings. The van der Waals surface area contributed by atoms with Gasteiger partial charge >= 0.3 is 5.97 Å². The summed E-state index contributed by atoms with van der Waals surface area (Å²) in [5, 5.41) is 0.793.